The van der Waals surface area contributed by atoms with E-state index in [4.69, 9.17) is 9.15 Å². The van der Waals surface area contributed by atoms with Gasteiger partial charge in [-0.15, -0.1) is 10.2 Å². The number of aromatic nitrogens is 2. The summed E-state index contributed by atoms with van der Waals surface area (Å²) in [6.45, 7) is 0.136. The summed E-state index contributed by atoms with van der Waals surface area (Å²) in [6, 6.07) is 17.8. The SMILES string of the molecule is O=C(CSc1nnc(COc2ccccc2)o1)NNC(=O)c1ccccc1. The first-order chi connectivity index (χ1) is 13.2. The third-order valence-corrected chi connectivity index (χ3v) is 4.05. The number of carbonyl (C=O) groups excluding carboxylic acids is 2. The number of para-hydroxylation sites is 1. The van der Waals surface area contributed by atoms with Crippen LogP contribution in [0, 0.1) is 0 Å². The molecule has 0 bridgehead atoms. The first-order valence-electron chi connectivity index (χ1n) is 7.98. The van der Waals surface area contributed by atoms with E-state index in [9.17, 15) is 9.59 Å². The minimum atomic E-state index is -0.399. The van der Waals surface area contributed by atoms with Crippen LogP contribution in [0.4, 0.5) is 0 Å². The number of carbonyl (C=O) groups is 2. The highest BCUT2D eigenvalue weighted by Crippen LogP contribution is 2.17. The molecule has 2 amide bonds. The monoisotopic (exact) mass is 384 g/mol. The molecule has 0 aliphatic carbocycles. The Balaban J connectivity index is 1.39. The third-order valence-electron chi connectivity index (χ3n) is 3.23. The molecule has 0 saturated carbocycles. The van der Waals surface area contributed by atoms with Crippen LogP contribution >= 0.6 is 11.8 Å². The molecule has 2 N–H and O–H groups in total. The maximum absolute atomic E-state index is 11.8. The number of hydrogen-bond acceptors (Lipinski definition) is 7. The average molecular weight is 384 g/mol. The van der Waals surface area contributed by atoms with Crippen LogP contribution in [0.1, 0.15) is 16.2 Å². The Hall–Kier alpha value is -3.33. The standard InChI is InChI=1S/C18H16N4O4S/c23-15(19-21-17(24)13-7-3-1-4-8-13)12-27-18-22-20-16(26-18)11-25-14-9-5-2-6-10-14/h1-10H,11-12H2,(H,19,23)(H,21,24). The highest BCUT2D eigenvalue weighted by Gasteiger charge is 2.11. The van der Waals surface area contributed by atoms with Crippen LogP contribution in [-0.2, 0) is 11.4 Å². The van der Waals surface area contributed by atoms with E-state index in [0.29, 0.717) is 17.2 Å². The Kier molecular flexibility index (Phi) is 6.42. The molecule has 3 rings (SSSR count). The van der Waals surface area contributed by atoms with E-state index in [-0.39, 0.29) is 17.6 Å². The molecule has 0 saturated heterocycles. The molecule has 0 atom stereocenters. The number of thioether (sulfide) groups is 1. The molecule has 2 aromatic carbocycles. The van der Waals surface area contributed by atoms with Crippen molar-refractivity contribution < 1.29 is 18.7 Å². The summed E-state index contributed by atoms with van der Waals surface area (Å²) >= 11 is 1.06. The van der Waals surface area contributed by atoms with E-state index >= 15 is 0 Å². The Morgan fingerprint density at radius 3 is 2.41 bits per heavy atom. The van der Waals surface area contributed by atoms with Gasteiger partial charge in [0.15, 0.2) is 6.61 Å². The lowest BCUT2D eigenvalue weighted by atomic mass is 10.2. The van der Waals surface area contributed by atoms with Crippen LogP contribution < -0.4 is 15.6 Å². The fourth-order valence-electron chi connectivity index (χ4n) is 1.97. The molecule has 0 radical (unpaired) electrons. The smallest absolute Gasteiger partial charge is 0.277 e. The first kappa shape index (κ1) is 18.5. The van der Waals surface area contributed by atoms with Crippen molar-refractivity contribution in [2.75, 3.05) is 5.75 Å². The van der Waals surface area contributed by atoms with Gasteiger partial charge in [0.25, 0.3) is 17.0 Å². The predicted molar refractivity (Wildman–Crippen MR) is 97.8 cm³/mol. The summed E-state index contributed by atoms with van der Waals surface area (Å²) < 4.78 is 10.9. The van der Waals surface area contributed by atoms with Gasteiger partial charge in [0, 0.05) is 5.56 Å². The van der Waals surface area contributed by atoms with Crippen LogP contribution in [-0.4, -0.2) is 27.8 Å². The minimum absolute atomic E-state index is 0.0102. The number of hydrazine groups is 1. The number of ether oxygens (including phenoxy) is 1. The van der Waals surface area contributed by atoms with E-state index in [1.54, 1.807) is 30.3 Å². The molecule has 138 valence electrons. The number of benzene rings is 2. The van der Waals surface area contributed by atoms with Gasteiger partial charge in [-0.05, 0) is 24.3 Å². The van der Waals surface area contributed by atoms with E-state index < -0.39 is 11.8 Å². The first-order valence-corrected chi connectivity index (χ1v) is 8.96. The minimum Gasteiger partial charge on any atom is -0.484 e. The van der Waals surface area contributed by atoms with Gasteiger partial charge in [0.05, 0.1) is 5.75 Å². The van der Waals surface area contributed by atoms with Crippen molar-refractivity contribution in [1.82, 2.24) is 21.0 Å². The lowest BCUT2D eigenvalue weighted by molar-refractivity contribution is -0.119. The van der Waals surface area contributed by atoms with Gasteiger partial charge in [-0.1, -0.05) is 48.2 Å². The third kappa shape index (κ3) is 5.86. The van der Waals surface area contributed by atoms with E-state index in [2.05, 4.69) is 21.0 Å². The zero-order valence-electron chi connectivity index (χ0n) is 14.1. The molecule has 3 aromatic rings. The Bertz CT molecular complexity index is 887. The van der Waals surface area contributed by atoms with Crippen molar-refractivity contribution in [1.29, 1.82) is 0 Å². The highest BCUT2D eigenvalue weighted by atomic mass is 32.2. The lowest BCUT2D eigenvalue weighted by Crippen LogP contribution is -2.42. The van der Waals surface area contributed by atoms with Gasteiger partial charge in [0.2, 0.25) is 5.91 Å². The molecule has 0 aliphatic heterocycles. The van der Waals surface area contributed by atoms with Gasteiger partial charge >= 0.3 is 0 Å². The van der Waals surface area contributed by atoms with Gasteiger partial charge in [-0.2, -0.15) is 0 Å². The molecule has 0 aliphatic rings. The number of hydrogen-bond donors (Lipinski definition) is 2. The van der Waals surface area contributed by atoms with E-state index in [1.807, 2.05) is 30.3 Å². The molecule has 0 fully saturated rings. The van der Waals surface area contributed by atoms with Crippen LogP contribution in [0.3, 0.4) is 0 Å². The van der Waals surface area contributed by atoms with Crippen molar-refractivity contribution in [3.8, 4) is 5.75 Å². The quantitative estimate of drug-likeness (QED) is 0.475. The highest BCUT2D eigenvalue weighted by molar-refractivity contribution is 7.99. The van der Waals surface area contributed by atoms with Crippen LogP contribution in [0.15, 0.2) is 70.3 Å². The summed E-state index contributed by atoms with van der Waals surface area (Å²) in [5.74, 6) is 0.213. The summed E-state index contributed by atoms with van der Waals surface area (Å²) in [5, 5.41) is 7.94. The molecule has 9 heteroatoms. The fourth-order valence-corrected chi connectivity index (χ4v) is 2.55. The van der Waals surface area contributed by atoms with E-state index in [1.165, 1.54) is 0 Å². The molecule has 0 unspecified atom stereocenters. The normalized spacial score (nSPS) is 10.2. The summed E-state index contributed by atoms with van der Waals surface area (Å²) in [7, 11) is 0. The summed E-state index contributed by atoms with van der Waals surface area (Å²) in [5.41, 5.74) is 5.12. The average Bonchev–Trinajstić information content (AvgIpc) is 3.18. The Labute approximate surface area is 159 Å². The van der Waals surface area contributed by atoms with Crippen molar-refractivity contribution in [3.05, 3.63) is 72.1 Å². The summed E-state index contributed by atoms with van der Waals surface area (Å²) in [4.78, 5) is 23.6. The van der Waals surface area contributed by atoms with Gasteiger partial charge in [0.1, 0.15) is 5.75 Å². The number of nitrogens with zero attached hydrogens (tertiary/aromatic N) is 2. The maximum Gasteiger partial charge on any atom is 0.277 e. The molecule has 0 spiro atoms. The lowest BCUT2D eigenvalue weighted by Gasteiger charge is -2.06. The number of amides is 2. The van der Waals surface area contributed by atoms with Gasteiger partial charge in [-0.3, -0.25) is 20.4 Å². The van der Waals surface area contributed by atoms with Crippen LogP contribution in [0.5, 0.6) is 5.75 Å². The topological polar surface area (TPSA) is 106 Å². The molecule has 1 aromatic heterocycles. The Morgan fingerprint density at radius 1 is 0.963 bits per heavy atom. The van der Waals surface area contributed by atoms with Crippen molar-refractivity contribution >= 4 is 23.6 Å². The zero-order valence-corrected chi connectivity index (χ0v) is 14.9. The van der Waals surface area contributed by atoms with Crippen molar-refractivity contribution in [3.63, 3.8) is 0 Å². The second kappa shape index (κ2) is 9.39. The molecular formula is C18H16N4O4S. The van der Waals surface area contributed by atoms with Gasteiger partial charge < -0.3 is 9.15 Å². The van der Waals surface area contributed by atoms with E-state index in [0.717, 1.165) is 11.8 Å². The largest absolute Gasteiger partial charge is 0.484 e. The molecule has 27 heavy (non-hydrogen) atoms. The van der Waals surface area contributed by atoms with Crippen molar-refractivity contribution in [2.45, 2.75) is 11.8 Å². The Morgan fingerprint density at radius 2 is 1.67 bits per heavy atom. The second-order valence-corrected chi connectivity index (χ2v) is 6.15. The molecule has 1 heterocycles. The molecule has 8 nitrogen and oxygen atoms in total. The molecular weight excluding hydrogens is 368 g/mol. The summed E-state index contributed by atoms with van der Waals surface area (Å²) in [6.07, 6.45) is 0. The maximum atomic E-state index is 11.8. The van der Waals surface area contributed by atoms with Crippen LogP contribution in [0.2, 0.25) is 0 Å². The predicted octanol–water partition coefficient (Wildman–Crippen LogP) is 2.20. The fraction of sp³-hybridized carbons (Fsp3) is 0.111. The van der Waals surface area contributed by atoms with Crippen molar-refractivity contribution in [2.24, 2.45) is 0 Å². The zero-order chi connectivity index (χ0) is 18.9. The number of nitrogens with one attached hydrogen (secondary N) is 2. The van der Waals surface area contributed by atoms with Crippen LogP contribution in [0.25, 0.3) is 0 Å². The number of rotatable bonds is 7. The van der Waals surface area contributed by atoms with Gasteiger partial charge in [-0.25, -0.2) is 0 Å². The second-order valence-electron chi connectivity index (χ2n) is 5.22.